The van der Waals surface area contributed by atoms with Crippen LogP contribution in [-0.2, 0) is 6.54 Å². The van der Waals surface area contributed by atoms with Crippen LogP contribution in [0.25, 0.3) is 0 Å². The third-order valence-corrected chi connectivity index (χ3v) is 4.05. The Morgan fingerprint density at radius 1 is 1.15 bits per heavy atom. The van der Waals surface area contributed by atoms with Crippen LogP contribution < -0.4 is 10.1 Å². The zero-order valence-electron chi connectivity index (χ0n) is 13.4. The monoisotopic (exact) mass is 275 g/mol. The average Bonchev–Trinajstić information content (AvgIpc) is 2.35. The minimum atomic E-state index is 0.391. The summed E-state index contributed by atoms with van der Waals surface area (Å²) in [4.78, 5) is 0. The van der Waals surface area contributed by atoms with Crippen LogP contribution in [0.1, 0.15) is 52.5 Å². The lowest BCUT2D eigenvalue weighted by Gasteiger charge is -2.31. The number of hydrogen-bond donors (Lipinski definition) is 1. The molecule has 2 unspecified atom stereocenters. The zero-order valence-corrected chi connectivity index (χ0v) is 13.4. The molecule has 1 aliphatic carbocycles. The predicted molar refractivity (Wildman–Crippen MR) is 85.0 cm³/mol. The van der Waals surface area contributed by atoms with Crippen molar-refractivity contribution in [2.45, 2.75) is 65.6 Å². The molecule has 0 radical (unpaired) electrons. The van der Waals surface area contributed by atoms with Crippen molar-refractivity contribution in [1.82, 2.24) is 5.32 Å². The zero-order chi connectivity index (χ0) is 14.5. The van der Waals surface area contributed by atoms with Gasteiger partial charge in [0.2, 0.25) is 0 Å². The number of rotatable bonds is 5. The fourth-order valence-electron chi connectivity index (χ4n) is 3.21. The van der Waals surface area contributed by atoms with Gasteiger partial charge in [-0.25, -0.2) is 0 Å². The third-order valence-electron chi connectivity index (χ3n) is 4.05. The minimum absolute atomic E-state index is 0.391. The summed E-state index contributed by atoms with van der Waals surface area (Å²) in [5.74, 6) is 2.60. The summed E-state index contributed by atoms with van der Waals surface area (Å²) in [6.07, 6.45) is 4.12. The Kier molecular flexibility index (Phi) is 5.47. The molecule has 2 nitrogen and oxygen atoms in total. The Labute approximate surface area is 123 Å². The Morgan fingerprint density at radius 3 is 2.50 bits per heavy atom. The van der Waals surface area contributed by atoms with Crippen molar-refractivity contribution < 1.29 is 4.74 Å². The minimum Gasteiger partial charge on any atom is -0.490 e. The molecule has 0 bridgehead atoms. The van der Waals surface area contributed by atoms with E-state index in [4.69, 9.17) is 4.74 Å². The molecule has 1 aromatic carbocycles. The Hall–Kier alpha value is -1.02. The largest absolute Gasteiger partial charge is 0.490 e. The van der Waals surface area contributed by atoms with Crippen LogP contribution in [0.15, 0.2) is 24.3 Å². The molecule has 0 saturated heterocycles. The van der Waals surface area contributed by atoms with Gasteiger partial charge in [-0.2, -0.15) is 0 Å². The van der Waals surface area contributed by atoms with Gasteiger partial charge in [-0.15, -0.1) is 0 Å². The quantitative estimate of drug-likeness (QED) is 0.860. The van der Waals surface area contributed by atoms with Gasteiger partial charge < -0.3 is 10.1 Å². The molecule has 1 saturated carbocycles. The molecule has 1 aromatic rings. The highest BCUT2D eigenvalue weighted by molar-refractivity contribution is 5.28. The van der Waals surface area contributed by atoms with Crippen molar-refractivity contribution in [3.63, 3.8) is 0 Å². The van der Waals surface area contributed by atoms with Crippen LogP contribution in [0, 0.1) is 11.8 Å². The second-order valence-electron chi connectivity index (χ2n) is 6.84. The topological polar surface area (TPSA) is 21.3 Å². The van der Waals surface area contributed by atoms with E-state index in [-0.39, 0.29) is 0 Å². The van der Waals surface area contributed by atoms with Gasteiger partial charge in [-0.1, -0.05) is 39.8 Å². The fourth-order valence-corrected chi connectivity index (χ4v) is 3.21. The summed E-state index contributed by atoms with van der Waals surface area (Å²) in [5, 5.41) is 3.45. The Bertz CT molecular complexity index is 406. The maximum absolute atomic E-state index is 6.22. The normalized spacial score (nSPS) is 26.8. The van der Waals surface area contributed by atoms with Crippen molar-refractivity contribution in [2.75, 3.05) is 0 Å². The lowest BCUT2D eigenvalue weighted by Crippen LogP contribution is -2.28. The lowest BCUT2D eigenvalue weighted by atomic mass is 9.82. The van der Waals surface area contributed by atoms with Crippen molar-refractivity contribution in [3.05, 3.63) is 29.8 Å². The summed E-state index contributed by atoms with van der Waals surface area (Å²) in [7, 11) is 0. The smallest absolute Gasteiger partial charge is 0.120 e. The van der Waals surface area contributed by atoms with Crippen LogP contribution in [0.5, 0.6) is 5.75 Å². The van der Waals surface area contributed by atoms with Gasteiger partial charge in [0.1, 0.15) is 5.75 Å². The average molecular weight is 275 g/mol. The van der Waals surface area contributed by atoms with Crippen LogP contribution in [0.4, 0.5) is 0 Å². The van der Waals surface area contributed by atoms with Crippen LogP contribution in [0.2, 0.25) is 0 Å². The van der Waals surface area contributed by atoms with Crippen molar-refractivity contribution in [3.8, 4) is 5.75 Å². The Morgan fingerprint density at radius 2 is 1.85 bits per heavy atom. The van der Waals surface area contributed by atoms with E-state index < -0.39 is 0 Å². The number of ether oxygens (including phenoxy) is 1. The first-order valence-electron chi connectivity index (χ1n) is 8.02. The summed E-state index contributed by atoms with van der Waals surface area (Å²) in [6, 6.07) is 9.04. The molecule has 1 fully saturated rings. The van der Waals surface area contributed by atoms with E-state index in [9.17, 15) is 0 Å². The van der Waals surface area contributed by atoms with Crippen molar-refractivity contribution >= 4 is 0 Å². The van der Waals surface area contributed by atoms with E-state index in [1.54, 1.807) is 0 Å². The van der Waals surface area contributed by atoms with Crippen LogP contribution >= 0.6 is 0 Å². The molecule has 2 rings (SSSR count). The molecule has 0 amide bonds. The molecule has 2 atom stereocenters. The fraction of sp³-hybridized carbons (Fsp3) is 0.667. The van der Waals surface area contributed by atoms with Gasteiger partial charge in [0.25, 0.3) is 0 Å². The summed E-state index contributed by atoms with van der Waals surface area (Å²) < 4.78 is 6.22. The molecule has 1 aliphatic rings. The molecular formula is C18H29NO. The van der Waals surface area contributed by atoms with Gasteiger partial charge in [0, 0.05) is 12.6 Å². The SMILES string of the molecule is CC1CC(C)CC(Oc2cccc(CNC(C)C)c2)C1. The molecule has 1 N–H and O–H groups in total. The molecule has 112 valence electrons. The van der Waals surface area contributed by atoms with E-state index in [1.807, 2.05) is 0 Å². The molecule has 0 aliphatic heterocycles. The maximum atomic E-state index is 6.22. The van der Waals surface area contributed by atoms with Gasteiger partial charge >= 0.3 is 0 Å². The molecule has 0 spiro atoms. The molecular weight excluding hydrogens is 246 g/mol. The summed E-state index contributed by atoms with van der Waals surface area (Å²) >= 11 is 0. The summed E-state index contributed by atoms with van der Waals surface area (Å²) in [6.45, 7) is 9.94. The Balaban J connectivity index is 1.93. The van der Waals surface area contributed by atoms with Crippen molar-refractivity contribution in [1.29, 1.82) is 0 Å². The lowest BCUT2D eigenvalue weighted by molar-refractivity contribution is 0.101. The first-order valence-corrected chi connectivity index (χ1v) is 8.02. The first-order chi connectivity index (χ1) is 9.52. The standard InChI is InChI=1S/C18H29NO/c1-13(2)19-12-16-6-5-7-17(11-16)20-18-9-14(3)8-15(4)10-18/h5-7,11,13-15,18-19H,8-10,12H2,1-4H3. The van der Waals surface area contributed by atoms with Crippen molar-refractivity contribution in [2.24, 2.45) is 11.8 Å². The third kappa shape index (κ3) is 4.82. The van der Waals surface area contributed by atoms with E-state index >= 15 is 0 Å². The van der Waals surface area contributed by atoms with Gasteiger partial charge in [-0.3, -0.25) is 0 Å². The molecule has 20 heavy (non-hydrogen) atoms. The van der Waals surface area contributed by atoms with Gasteiger partial charge in [0.05, 0.1) is 6.10 Å². The predicted octanol–water partition coefficient (Wildman–Crippen LogP) is 4.39. The second-order valence-corrected chi connectivity index (χ2v) is 6.84. The first kappa shape index (κ1) is 15.4. The maximum Gasteiger partial charge on any atom is 0.120 e. The van der Waals surface area contributed by atoms with E-state index in [2.05, 4.69) is 57.3 Å². The molecule has 0 heterocycles. The number of nitrogens with one attached hydrogen (secondary N) is 1. The van der Waals surface area contributed by atoms with E-state index in [1.165, 1.54) is 24.8 Å². The highest BCUT2D eigenvalue weighted by Crippen LogP contribution is 2.31. The van der Waals surface area contributed by atoms with Gasteiger partial charge in [0.15, 0.2) is 0 Å². The number of hydrogen-bond acceptors (Lipinski definition) is 2. The molecule has 2 heteroatoms. The van der Waals surface area contributed by atoms with E-state index in [0.717, 1.165) is 24.1 Å². The number of benzene rings is 1. The highest BCUT2D eigenvalue weighted by Gasteiger charge is 2.25. The van der Waals surface area contributed by atoms with Gasteiger partial charge in [-0.05, 0) is 48.8 Å². The second kappa shape index (κ2) is 7.12. The van der Waals surface area contributed by atoms with Crippen LogP contribution in [-0.4, -0.2) is 12.1 Å². The summed E-state index contributed by atoms with van der Waals surface area (Å²) in [5.41, 5.74) is 1.30. The molecule has 0 aromatic heterocycles. The van der Waals surface area contributed by atoms with Crippen LogP contribution in [0.3, 0.4) is 0 Å². The highest BCUT2D eigenvalue weighted by atomic mass is 16.5. The van der Waals surface area contributed by atoms with E-state index in [0.29, 0.717) is 12.1 Å².